The summed E-state index contributed by atoms with van der Waals surface area (Å²) in [6.45, 7) is 1.61. The first-order chi connectivity index (χ1) is 11.1. The Morgan fingerprint density at radius 3 is 2.48 bits per heavy atom. The van der Waals surface area contributed by atoms with Crippen LogP contribution in [0.25, 0.3) is 11.1 Å². The fourth-order valence-electron chi connectivity index (χ4n) is 2.10. The number of carboxylic acids is 1. The summed E-state index contributed by atoms with van der Waals surface area (Å²) in [6, 6.07) is 17.5. The highest BCUT2D eigenvalue weighted by Crippen LogP contribution is 2.29. The summed E-state index contributed by atoms with van der Waals surface area (Å²) in [5.41, 5.74) is 2.21. The van der Waals surface area contributed by atoms with E-state index >= 15 is 0 Å². The average Bonchev–Trinajstić information content (AvgIpc) is 2.58. The summed E-state index contributed by atoms with van der Waals surface area (Å²) in [4.78, 5) is 10.7. The molecule has 2 rings (SSSR count). The predicted molar refractivity (Wildman–Crippen MR) is 89.4 cm³/mol. The lowest BCUT2D eigenvalue weighted by atomic mass is 10.0. The van der Waals surface area contributed by atoms with E-state index in [2.05, 4.69) is 0 Å². The number of carboxylic acid groups (broad SMARTS) is 1. The van der Waals surface area contributed by atoms with Gasteiger partial charge < -0.3 is 14.9 Å². The van der Waals surface area contributed by atoms with Crippen molar-refractivity contribution in [1.29, 1.82) is 0 Å². The molecule has 4 heteroatoms. The molecule has 4 nitrogen and oxygen atoms in total. The van der Waals surface area contributed by atoms with Crippen LogP contribution in [0.5, 0.6) is 5.75 Å². The van der Waals surface area contributed by atoms with Crippen molar-refractivity contribution in [2.75, 3.05) is 6.61 Å². The zero-order valence-electron chi connectivity index (χ0n) is 13.0. The van der Waals surface area contributed by atoms with Gasteiger partial charge in [0.25, 0.3) is 0 Å². The summed E-state index contributed by atoms with van der Waals surface area (Å²) < 4.78 is 5.72. The molecule has 1 atom stereocenters. The number of rotatable bonds is 7. The highest BCUT2D eigenvalue weighted by molar-refractivity contribution is 5.85. The van der Waals surface area contributed by atoms with Crippen molar-refractivity contribution >= 4 is 5.97 Å². The summed E-state index contributed by atoms with van der Waals surface area (Å²) >= 11 is 0. The molecule has 0 fully saturated rings. The molecule has 23 heavy (non-hydrogen) atoms. The van der Waals surface area contributed by atoms with Gasteiger partial charge in [-0.25, -0.2) is 4.79 Å². The topological polar surface area (TPSA) is 66.8 Å². The number of carbonyl (C=O) groups is 1. The maximum Gasteiger partial charge on any atom is 0.330 e. The fourth-order valence-corrected chi connectivity index (χ4v) is 2.10. The number of hydrogen-bond acceptors (Lipinski definition) is 3. The van der Waals surface area contributed by atoms with Gasteiger partial charge in [-0.15, -0.1) is 0 Å². The minimum absolute atomic E-state index is 0.104. The molecule has 2 aromatic carbocycles. The highest BCUT2D eigenvalue weighted by Gasteiger charge is 2.09. The van der Waals surface area contributed by atoms with Gasteiger partial charge >= 0.3 is 5.97 Å². The number of aliphatic carboxylic acids is 1. The molecule has 120 valence electrons. The third-order valence-corrected chi connectivity index (χ3v) is 3.44. The SMILES string of the molecule is C/C(=C\CC(O)COc1ccccc1-c1ccccc1)C(=O)O. The maximum atomic E-state index is 10.7. The van der Waals surface area contributed by atoms with Crippen molar-refractivity contribution in [3.8, 4) is 16.9 Å². The first-order valence-corrected chi connectivity index (χ1v) is 7.43. The molecule has 0 bridgehead atoms. The largest absolute Gasteiger partial charge is 0.490 e. The van der Waals surface area contributed by atoms with E-state index in [4.69, 9.17) is 9.84 Å². The molecule has 1 unspecified atom stereocenters. The molecule has 0 aliphatic rings. The van der Waals surface area contributed by atoms with E-state index in [1.54, 1.807) is 0 Å². The molecular formula is C19H20O4. The van der Waals surface area contributed by atoms with E-state index in [1.165, 1.54) is 13.0 Å². The van der Waals surface area contributed by atoms with E-state index < -0.39 is 12.1 Å². The Morgan fingerprint density at radius 1 is 1.13 bits per heavy atom. The Balaban J connectivity index is 2.01. The van der Waals surface area contributed by atoms with Crippen molar-refractivity contribution in [3.05, 3.63) is 66.2 Å². The Labute approximate surface area is 135 Å². The third kappa shape index (κ3) is 4.97. The van der Waals surface area contributed by atoms with Gasteiger partial charge in [-0.2, -0.15) is 0 Å². The molecular weight excluding hydrogens is 292 g/mol. The van der Waals surface area contributed by atoms with Gasteiger partial charge in [-0.1, -0.05) is 54.6 Å². The number of benzene rings is 2. The lowest BCUT2D eigenvalue weighted by Crippen LogP contribution is -2.17. The van der Waals surface area contributed by atoms with Gasteiger partial charge in [-0.05, 0) is 25.0 Å². The van der Waals surface area contributed by atoms with Gasteiger partial charge in [0.2, 0.25) is 0 Å². The molecule has 0 aromatic heterocycles. The molecule has 0 spiro atoms. The number of aliphatic hydroxyl groups excluding tert-OH is 1. The van der Waals surface area contributed by atoms with E-state index in [1.807, 2.05) is 54.6 Å². The summed E-state index contributed by atoms with van der Waals surface area (Å²) in [6.07, 6.45) is 0.985. The summed E-state index contributed by atoms with van der Waals surface area (Å²) in [5.74, 6) is -0.288. The van der Waals surface area contributed by atoms with Crippen LogP contribution in [0.3, 0.4) is 0 Å². The molecule has 2 aromatic rings. The molecule has 0 saturated carbocycles. The zero-order chi connectivity index (χ0) is 16.7. The summed E-state index contributed by atoms with van der Waals surface area (Å²) in [5, 5.41) is 18.7. The molecule has 2 N–H and O–H groups in total. The quantitative estimate of drug-likeness (QED) is 0.768. The Kier molecular flexibility index (Phi) is 5.94. The van der Waals surface area contributed by atoms with Gasteiger partial charge in [0.15, 0.2) is 0 Å². The average molecular weight is 312 g/mol. The van der Waals surface area contributed by atoms with Crippen LogP contribution in [0.2, 0.25) is 0 Å². The van der Waals surface area contributed by atoms with Crippen LogP contribution < -0.4 is 4.74 Å². The molecule has 0 aliphatic heterocycles. The third-order valence-electron chi connectivity index (χ3n) is 3.44. The van der Waals surface area contributed by atoms with Crippen molar-refractivity contribution in [2.24, 2.45) is 0 Å². The number of hydrogen-bond donors (Lipinski definition) is 2. The number of para-hydroxylation sites is 1. The minimum Gasteiger partial charge on any atom is -0.490 e. The van der Waals surface area contributed by atoms with Crippen LogP contribution in [0.15, 0.2) is 66.2 Å². The first kappa shape index (κ1) is 16.8. The van der Waals surface area contributed by atoms with Crippen LogP contribution in [0, 0.1) is 0 Å². The molecule has 0 amide bonds. The lowest BCUT2D eigenvalue weighted by molar-refractivity contribution is -0.132. The van der Waals surface area contributed by atoms with Crippen molar-refractivity contribution in [1.82, 2.24) is 0 Å². The molecule has 0 aliphatic carbocycles. The molecule has 0 radical (unpaired) electrons. The van der Waals surface area contributed by atoms with E-state index in [-0.39, 0.29) is 18.6 Å². The van der Waals surface area contributed by atoms with E-state index in [0.717, 1.165) is 11.1 Å². The van der Waals surface area contributed by atoms with E-state index in [0.29, 0.717) is 5.75 Å². The smallest absolute Gasteiger partial charge is 0.330 e. The Morgan fingerprint density at radius 2 is 1.78 bits per heavy atom. The second-order valence-corrected chi connectivity index (χ2v) is 5.26. The number of ether oxygens (including phenoxy) is 1. The second-order valence-electron chi connectivity index (χ2n) is 5.26. The zero-order valence-corrected chi connectivity index (χ0v) is 13.0. The minimum atomic E-state index is -0.979. The van der Waals surface area contributed by atoms with Gasteiger partial charge in [0, 0.05) is 11.1 Å². The fraction of sp³-hybridized carbons (Fsp3) is 0.211. The van der Waals surface area contributed by atoms with Crippen LogP contribution in [-0.2, 0) is 4.79 Å². The maximum absolute atomic E-state index is 10.7. The molecule has 0 heterocycles. The Bertz CT molecular complexity index is 677. The van der Waals surface area contributed by atoms with Crippen LogP contribution in [-0.4, -0.2) is 28.9 Å². The molecule has 0 saturated heterocycles. The lowest BCUT2D eigenvalue weighted by Gasteiger charge is -2.14. The monoisotopic (exact) mass is 312 g/mol. The van der Waals surface area contributed by atoms with E-state index in [9.17, 15) is 9.90 Å². The highest BCUT2D eigenvalue weighted by atomic mass is 16.5. The number of aliphatic hydroxyl groups is 1. The van der Waals surface area contributed by atoms with Gasteiger partial charge in [0.1, 0.15) is 12.4 Å². The Hall–Kier alpha value is -2.59. The summed E-state index contributed by atoms with van der Waals surface area (Å²) in [7, 11) is 0. The predicted octanol–water partition coefficient (Wildman–Crippen LogP) is 3.51. The van der Waals surface area contributed by atoms with Crippen molar-refractivity contribution in [3.63, 3.8) is 0 Å². The van der Waals surface area contributed by atoms with Crippen LogP contribution >= 0.6 is 0 Å². The van der Waals surface area contributed by atoms with Crippen molar-refractivity contribution < 1.29 is 19.7 Å². The van der Waals surface area contributed by atoms with Gasteiger partial charge in [-0.3, -0.25) is 0 Å². The standard InChI is InChI=1S/C19H20O4/c1-14(19(21)22)11-12-16(20)13-23-18-10-6-5-9-17(18)15-7-3-2-4-8-15/h2-11,16,20H,12-13H2,1H3,(H,21,22)/b14-11+. The van der Waals surface area contributed by atoms with Crippen LogP contribution in [0.4, 0.5) is 0 Å². The normalized spacial score (nSPS) is 12.7. The van der Waals surface area contributed by atoms with Crippen molar-refractivity contribution in [2.45, 2.75) is 19.4 Å². The second kappa shape index (κ2) is 8.15. The van der Waals surface area contributed by atoms with Gasteiger partial charge in [0.05, 0.1) is 6.10 Å². The van der Waals surface area contributed by atoms with Crippen LogP contribution in [0.1, 0.15) is 13.3 Å². The first-order valence-electron chi connectivity index (χ1n) is 7.43.